The lowest BCUT2D eigenvalue weighted by atomic mass is 10.1. The molecule has 0 radical (unpaired) electrons. The van der Waals surface area contributed by atoms with Crippen molar-refractivity contribution in [2.75, 3.05) is 25.0 Å². The highest BCUT2D eigenvalue weighted by Crippen LogP contribution is 2.26. The predicted molar refractivity (Wildman–Crippen MR) is 94.2 cm³/mol. The van der Waals surface area contributed by atoms with Crippen LogP contribution < -0.4 is 10.2 Å². The summed E-state index contributed by atoms with van der Waals surface area (Å²) < 4.78 is 0. The molecule has 1 unspecified atom stereocenters. The van der Waals surface area contributed by atoms with Gasteiger partial charge in [0, 0.05) is 30.2 Å². The zero-order valence-corrected chi connectivity index (χ0v) is 13.6. The fraction of sp³-hybridized carbons (Fsp3) is 0.474. The molecule has 0 fully saturated rings. The van der Waals surface area contributed by atoms with Crippen molar-refractivity contribution >= 4 is 16.5 Å². The summed E-state index contributed by atoms with van der Waals surface area (Å²) in [5.41, 5.74) is 1.37. The first-order chi connectivity index (χ1) is 10.3. The first-order valence-electron chi connectivity index (χ1n) is 8.16. The Morgan fingerprint density at radius 1 is 1.05 bits per heavy atom. The second-order valence-corrected chi connectivity index (χ2v) is 5.76. The summed E-state index contributed by atoms with van der Waals surface area (Å²) in [7, 11) is 2.04. The topological polar surface area (TPSA) is 15.3 Å². The molecule has 0 aliphatic rings. The van der Waals surface area contributed by atoms with Gasteiger partial charge in [0.25, 0.3) is 0 Å². The van der Waals surface area contributed by atoms with Gasteiger partial charge in [-0.05, 0) is 45.2 Å². The van der Waals surface area contributed by atoms with Gasteiger partial charge in [0.05, 0.1) is 0 Å². The molecule has 0 saturated carbocycles. The highest BCUT2D eigenvalue weighted by Gasteiger charge is 2.08. The Morgan fingerprint density at radius 2 is 1.81 bits per heavy atom. The maximum Gasteiger partial charge on any atom is 0.0445 e. The Kier molecular flexibility index (Phi) is 6.06. The summed E-state index contributed by atoms with van der Waals surface area (Å²) in [4.78, 5) is 2.51. The van der Waals surface area contributed by atoms with E-state index in [2.05, 4.69) is 66.5 Å². The zero-order valence-electron chi connectivity index (χ0n) is 13.6. The van der Waals surface area contributed by atoms with Crippen LogP contribution >= 0.6 is 0 Å². The van der Waals surface area contributed by atoms with Gasteiger partial charge in [0.2, 0.25) is 0 Å². The molecule has 1 N–H and O–H groups in total. The number of nitrogens with one attached hydrogen (secondary N) is 1. The summed E-state index contributed by atoms with van der Waals surface area (Å²) in [5, 5.41) is 6.01. The van der Waals surface area contributed by atoms with Gasteiger partial charge in [-0.1, -0.05) is 42.8 Å². The molecule has 0 aliphatic heterocycles. The Morgan fingerprint density at radius 3 is 2.57 bits per heavy atom. The average Bonchev–Trinajstić information content (AvgIpc) is 2.54. The van der Waals surface area contributed by atoms with Crippen LogP contribution in [0.25, 0.3) is 10.8 Å². The minimum Gasteiger partial charge on any atom is -0.371 e. The highest BCUT2D eigenvalue weighted by atomic mass is 15.1. The molecule has 114 valence electrons. The van der Waals surface area contributed by atoms with Gasteiger partial charge in [0.15, 0.2) is 0 Å². The van der Waals surface area contributed by atoms with E-state index in [0.717, 1.165) is 13.1 Å². The standard InChI is InChI=1S/C19H28N2/c1-4-21(15-8-7-10-16(2)20-3)19-14-9-12-17-11-5-6-13-18(17)19/h5-6,9,11-14,16,20H,4,7-8,10,15H2,1-3H3. The predicted octanol–water partition coefficient (Wildman–Crippen LogP) is 4.44. The van der Waals surface area contributed by atoms with Crippen LogP contribution in [-0.2, 0) is 0 Å². The molecule has 0 saturated heterocycles. The summed E-state index contributed by atoms with van der Waals surface area (Å²) in [6.07, 6.45) is 3.79. The molecule has 0 heterocycles. The lowest BCUT2D eigenvalue weighted by molar-refractivity contribution is 0.527. The molecule has 2 rings (SSSR count). The largest absolute Gasteiger partial charge is 0.371 e. The number of fused-ring (bicyclic) bond motifs is 1. The van der Waals surface area contributed by atoms with E-state index in [1.165, 1.54) is 35.7 Å². The lowest BCUT2D eigenvalue weighted by Crippen LogP contribution is -2.25. The maximum atomic E-state index is 3.31. The number of nitrogens with zero attached hydrogens (tertiary/aromatic N) is 1. The Hall–Kier alpha value is -1.54. The second kappa shape index (κ2) is 8.04. The van der Waals surface area contributed by atoms with Crippen LogP contribution in [0.2, 0.25) is 0 Å². The van der Waals surface area contributed by atoms with Gasteiger partial charge in [-0.15, -0.1) is 0 Å². The number of benzene rings is 2. The van der Waals surface area contributed by atoms with Crippen LogP contribution in [0.3, 0.4) is 0 Å². The number of hydrogen-bond acceptors (Lipinski definition) is 2. The van der Waals surface area contributed by atoms with Crippen LogP contribution in [0.1, 0.15) is 33.1 Å². The number of hydrogen-bond donors (Lipinski definition) is 1. The van der Waals surface area contributed by atoms with E-state index in [9.17, 15) is 0 Å². The fourth-order valence-electron chi connectivity index (χ4n) is 2.83. The van der Waals surface area contributed by atoms with Gasteiger partial charge in [-0.25, -0.2) is 0 Å². The van der Waals surface area contributed by atoms with Crippen LogP contribution in [-0.4, -0.2) is 26.2 Å². The molecule has 2 nitrogen and oxygen atoms in total. The van der Waals surface area contributed by atoms with Gasteiger partial charge < -0.3 is 10.2 Å². The van der Waals surface area contributed by atoms with E-state index in [1.807, 2.05) is 7.05 Å². The van der Waals surface area contributed by atoms with Crippen molar-refractivity contribution in [3.05, 3.63) is 42.5 Å². The van der Waals surface area contributed by atoms with E-state index >= 15 is 0 Å². The van der Waals surface area contributed by atoms with Crippen molar-refractivity contribution in [2.45, 2.75) is 39.2 Å². The van der Waals surface area contributed by atoms with E-state index < -0.39 is 0 Å². The molecule has 2 aromatic rings. The number of anilines is 1. The molecular weight excluding hydrogens is 256 g/mol. The van der Waals surface area contributed by atoms with Crippen molar-refractivity contribution < 1.29 is 0 Å². The third kappa shape index (κ3) is 4.21. The van der Waals surface area contributed by atoms with Crippen molar-refractivity contribution in [3.63, 3.8) is 0 Å². The van der Waals surface area contributed by atoms with Crippen molar-refractivity contribution in [1.29, 1.82) is 0 Å². The Balaban J connectivity index is 2.02. The molecule has 21 heavy (non-hydrogen) atoms. The SMILES string of the molecule is CCN(CCCCC(C)NC)c1cccc2ccccc12. The third-order valence-corrected chi connectivity index (χ3v) is 4.30. The van der Waals surface area contributed by atoms with Crippen molar-refractivity contribution in [3.8, 4) is 0 Å². The Labute approximate surface area is 129 Å². The summed E-state index contributed by atoms with van der Waals surface area (Å²) in [5.74, 6) is 0. The molecule has 0 aromatic heterocycles. The highest BCUT2D eigenvalue weighted by molar-refractivity contribution is 5.94. The monoisotopic (exact) mass is 284 g/mol. The minimum absolute atomic E-state index is 0.623. The molecule has 2 heteroatoms. The van der Waals surface area contributed by atoms with Gasteiger partial charge in [0.1, 0.15) is 0 Å². The first-order valence-corrected chi connectivity index (χ1v) is 8.16. The van der Waals surface area contributed by atoms with Gasteiger partial charge in [-0.3, -0.25) is 0 Å². The van der Waals surface area contributed by atoms with E-state index in [1.54, 1.807) is 0 Å². The quantitative estimate of drug-likeness (QED) is 0.721. The van der Waals surface area contributed by atoms with Crippen LogP contribution in [0, 0.1) is 0 Å². The van der Waals surface area contributed by atoms with Crippen molar-refractivity contribution in [1.82, 2.24) is 5.32 Å². The van der Waals surface area contributed by atoms with Crippen LogP contribution in [0.5, 0.6) is 0 Å². The molecule has 0 amide bonds. The normalized spacial score (nSPS) is 12.5. The molecular formula is C19H28N2. The zero-order chi connectivity index (χ0) is 15.1. The van der Waals surface area contributed by atoms with Gasteiger partial charge >= 0.3 is 0 Å². The van der Waals surface area contributed by atoms with E-state index in [0.29, 0.717) is 6.04 Å². The number of unbranched alkanes of at least 4 members (excludes halogenated alkanes) is 1. The van der Waals surface area contributed by atoms with E-state index in [-0.39, 0.29) is 0 Å². The summed E-state index contributed by atoms with van der Waals surface area (Å²) in [6.45, 7) is 6.71. The molecule has 0 spiro atoms. The van der Waals surface area contributed by atoms with Crippen LogP contribution in [0.4, 0.5) is 5.69 Å². The maximum absolute atomic E-state index is 3.31. The molecule has 2 aromatic carbocycles. The summed E-state index contributed by atoms with van der Waals surface area (Å²) >= 11 is 0. The van der Waals surface area contributed by atoms with E-state index in [4.69, 9.17) is 0 Å². The lowest BCUT2D eigenvalue weighted by Gasteiger charge is -2.25. The fourth-order valence-corrected chi connectivity index (χ4v) is 2.83. The number of rotatable bonds is 8. The summed E-state index contributed by atoms with van der Waals surface area (Å²) in [6, 6.07) is 15.9. The van der Waals surface area contributed by atoms with Crippen molar-refractivity contribution in [2.24, 2.45) is 0 Å². The van der Waals surface area contributed by atoms with Gasteiger partial charge in [-0.2, -0.15) is 0 Å². The average molecular weight is 284 g/mol. The molecule has 1 atom stereocenters. The Bertz CT molecular complexity index is 545. The second-order valence-electron chi connectivity index (χ2n) is 5.76. The minimum atomic E-state index is 0.623. The third-order valence-electron chi connectivity index (χ3n) is 4.30. The van der Waals surface area contributed by atoms with Crippen LogP contribution in [0.15, 0.2) is 42.5 Å². The first kappa shape index (κ1) is 15.8. The molecule has 0 bridgehead atoms. The molecule has 0 aliphatic carbocycles. The smallest absolute Gasteiger partial charge is 0.0445 e.